The molecule has 0 N–H and O–H groups in total. The lowest BCUT2D eigenvalue weighted by atomic mass is 9.47. The van der Waals surface area contributed by atoms with Crippen molar-refractivity contribution in [1.29, 1.82) is 0 Å². The van der Waals surface area contributed by atoms with E-state index in [1.807, 2.05) is 7.05 Å². The molecule has 0 aromatic carbocycles. The highest BCUT2D eigenvalue weighted by Crippen LogP contribution is 2.65. The molecule has 1 aliphatic heterocycles. The number of carbonyl (C=O) groups is 2. The molecule has 4 heteroatoms. The molecule has 2 amide bonds. The predicted molar refractivity (Wildman–Crippen MR) is 130 cm³/mol. The molecule has 7 atom stereocenters. The molecule has 0 aromatic rings. The standard InChI is InChI=1S/C28H48N2O2/c1-5-6-7-8-9-10-19-30(20-31)25-14-12-22-21-11-13-24-27(2,18-16-26(32)29(24)4)23(21)15-17-28(22,25)3/h20-25H,5-19H2,1-4H3/t21-,22-,23-,24+,25-,27+,28-/m0/s1. The molecule has 4 fully saturated rings. The van der Waals surface area contributed by atoms with Gasteiger partial charge in [-0.15, -0.1) is 0 Å². The molecule has 182 valence electrons. The zero-order valence-corrected chi connectivity index (χ0v) is 21.3. The smallest absolute Gasteiger partial charge is 0.222 e. The van der Waals surface area contributed by atoms with E-state index in [2.05, 4.69) is 30.6 Å². The van der Waals surface area contributed by atoms with Crippen LogP contribution in [0.4, 0.5) is 0 Å². The van der Waals surface area contributed by atoms with E-state index in [0.717, 1.165) is 43.6 Å². The summed E-state index contributed by atoms with van der Waals surface area (Å²) in [5.41, 5.74) is 0.567. The van der Waals surface area contributed by atoms with Crippen LogP contribution in [0, 0.1) is 28.6 Å². The zero-order chi connectivity index (χ0) is 22.9. The van der Waals surface area contributed by atoms with E-state index in [1.54, 1.807) is 0 Å². The number of hydrogen-bond acceptors (Lipinski definition) is 2. The van der Waals surface area contributed by atoms with Crippen molar-refractivity contribution in [2.75, 3.05) is 13.6 Å². The van der Waals surface area contributed by atoms with Crippen molar-refractivity contribution < 1.29 is 9.59 Å². The van der Waals surface area contributed by atoms with Crippen LogP contribution in [0.3, 0.4) is 0 Å². The van der Waals surface area contributed by atoms with Gasteiger partial charge in [0.05, 0.1) is 0 Å². The molecule has 0 aromatic heterocycles. The lowest BCUT2D eigenvalue weighted by Gasteiger charge is -2.62. The quantitative estimate of drug-likeness (QED) is 0.321. The van der Waals surface area contributed by atoms with Gasteiger partial charge in [0.1, 0.15) is 0 Å². The van der Waals surface area contributed by atoms with E-state index in [-0.39, 0.29) is 10.8 Å². The van der Waals surface area contributed by atoms with Crippen LogP contribution in [0.15, 0.2) is 0 Å². The normalized spacial score (nSPS) is 41.1. The summed E-state index contributed by atoms with van der Waals surface area (Å²) in [5, 5.41) is 0. The summed E-state index contributed by atoms with van der Waals surface area (Å²) < 4.78 is 0. The van der Waals surface area contributed by atoms with E-state index < -0.39 is 0 Å². The van der Waals surface area contributed by atoms with Crippen LogP contribution in [0.5, 0.6) is 0 Å². The fourth-order valence-corrected chi connectivity index (χ4v) is 9.02. The van der Waals surface area contributed by atoms with E-state index >= 15 is 0 Å². The Balaban J connectivity index is 1.42. The Labute approximate surface area is 196 Å². The van der Waals surface area contributed by atoms with Gasteiger partial charge in [-0.25, -0.2) is 0 Å². The van der Waals surface area contributed by atoms with Crippen LogP contribution in [-0.4, -0.2) is 47.8 Å². The SMILES string of the molecule is CCCCCCCCN(C=O)[C@H]1CC[C@H]2[C@@H]3CC[C@H]4N(C)C(=O)CC[C@]4(C)[C@H]3CC[C@]12C. The first-order valence-electron chi connectivity index (χ1n) is 13.8. The number of likely N-dealkylation sites (tertiary alicyclic amines) is 1. The lowest BCUT2D eigenvalue weighted by molar-refractivity contribution is -0.159. The Morgan fingerprint density at radius 3 is 2.41 bits per heavy atom. The summed E-state index contributed by atoms with van der Waals surface area (Å²) >= 11 is 0. The van der Waals surface area contributed by atoms with Gasteiger partial charge in [-0.1, -0.05) is 52.9 Å². The maximum atomic E-state index is 12.4. The van der Waals surface area contributed by atoms with Crippen molar-refractivity contribution in [3.63, 3.8) is 0 Å². The van der Waals surface area contributed by atoms with Crippen molar-refractivity contribution in [2.24, 2.45) is 28.6 Å². The zero-order valence-electron chi connectivity index (χ0n) is 21.3. The Morgan fingerprint density at radius 2 is 1.66 bits per heavy atom. The molecule has 1 saturated heterocycles. The molecular formula is C28H48N2O2. The highest BCUT2D eigenvalue weighted by atomic mass is 16.2. The van der Waals surface area contributed by atoms with Gasteiger partial charge in [-0.3, -0.25) is 9.59 Å². The minimum Gasteiger partial charge on any atom is -0.342 e. The molecular weight excluding hydrogens is 396 g/mol. The number of nitrogens with zero attached hydrogens (tertiary/aromatic N) is 2. The Kier molecular flexibility index (Phi) is 7.27. The van der Waals surface area contributed by atoms with Crippen LogP contribution < -0.4 is 0 Å². The minimum absolute atomic E-state index is 0.282. The minimum atomic E-state index is 0.282. The Bertz CT molecular complexity index is 680. The third-order valence-corrected chi connectivity index (χ3v) is 10.8. The van der Waals surface area contributed by atoms with Gasteiger partial charge in [0.25, 0.3) is 0 Å². The first-order valence-corrected chi connectivity index (χ1v) is 13.8. The summed E-state index contributed by atoms with van der Waals surface area (Å²) in [6.07, 6.45) is 18.1. The van der Waals surface area contributed by atoms with Crippen LogP contribution in [0.2, 0.25) is 0 Å². The highest BCUT2D eigenvalue weighted by molar-refractivity contribution is 5.77. The molecule has 3 saturated carbocycles. The van der Waals surface area contributed by atoms with E-state index in [0.29, 0.717) is 18.0 Å². The van der Waals surface area contributed by atoms with E-state index in [9.17, 15) is 9.59 Å². The summed E-state index contributed by atoms with van der Waals surface area (Å²) in [4.78, 5) is 28.8. The Hall–Kier alpha value is -1.06. The van der Waals surface area contributed by atoms with Crippen molar-refractivity contribution in [2.45, 2.75) is 123 Å². The number of hydrogen-bond donors (Lipinski definition) is 0. The fourth-order valence-electron chi connectivity index (χ4n) is 9.02. The number of carbonyl (C=O) groups excluding carboxylic acids is 2. The number of piperidine rings is 1. The van der Waals surface area contributed by atoms with Crippen molar-refractivity contribution in [3.8, 4) is 0 Å². The summed E-state index contributed by atoms with van der Waals surface area (Å²) in [5.74, 6) is 2.63. The van der Waals surface area contributed by atoms with E-state index in [4.69, 9.17) is 0 Å². The molecule has 1 heterocycles. The van der Waals surface area contributed by atoms with Gasteiger partial charge in [-0.05, 0) is 80.0 Å². The van der Waals surface area contributed by atoms with Gasteiger partial charge in [-0.2, -0.15) is 0 Å². The monoisotopic (exact) mass is 444 g/mol. The third-order valence-electron chi connectivity index (χ3n) is 10.8. The second kappa shape index (κ2) is 9.66. The molecule has 3 aliphatic carbocycles. The average molecular weight is 445 g/mol. The maximum absolute atomic E-state index is 12.4. The molecule has 4 rings (SSSR count). The molecule has 4 aliphatic rings. The highest BCUT2D eigenvalue weighted by Gasteiger charge is 2.61. The molecule has 32 heavy (non-hydrogen) atoms. The van der Waals surface area contributed by atoms with Crippen LogP contribution in [0.1, 0.15) is 111 Å². The second-order valence-electron chi connectivity index (χ2n) is 12.2. The van der Waals surface area contributed by atoms with Crippen LogP contribution >= 0.6 is 0 Å². The summed E-state index contributed by atoms with van der Waals surface area (Å²) in [6, 6.07) is 0.869. The van der Waals surface area contributed by atoms with Crippen molar-refractivity contribution in [1.82, 2.24) is 9.80 Å². The molecule has 0 bridgehead atoms. The second-order valence-corrected chi connectivity index (χ2v) is 12.2. The van der Waals surface area contributed by atoms with Gasteiger partial charge in [0.2, 0.25) is 12.3 Å². The third kappa shape index (κ3) is 4.02. The van der Waals surface area contributed by atoms with Gasteiger partial charge >= 0.3 is 0 Å². The largest absolute Gasteiger partial charge is 0.342 e. The molecule has 0 unspecified atom stereocenters. The molecule has 4 nitrogen and oxygen atoms in total. The number of unbranched alkanes of at least 4 members (excludes halogenated alkanes) is 5. The van der Waals surface area contributed by atoms with Crippen LogP contribution in [0.25, 0.3) is 0 Å². The van der Waals surface area contributed by atoms with Gasteiger partial charge < -0.3 is 9.80 Å². The number of rotatable bonds is 9. The number of amides is 2. The maximum Gasteiger partial charge on any atom is 0.222 e. The number of fused-ring (bicyclic) bond motifs is 5. The summed E-state index contributed by atoms with van der Waals surface area (Å²) in [7, 11) is 2.05. The molecule has 0 radical (unpaired) electrons. The van der Waals surface area contributed by atoms with Crippen molar-refractivity contribution in [3.05, 3.63) is 0 Å². The first kappa shape index (κ1) is 24.1. The van der Waals surface area contributed by atoms with Crippen LogP contribution in [-0.2, 0) is 9.59 Å². The fraction of sp³-hybridized carbons (Fsp3) is 0.929. The predicted octanol–water partition coefficient (Wildman–Crippen LogP) is 6.04. The summed E-state index contributed by atoms with van der Waals surface area (Å²) in [6.45, 7) is 8.24. The molecule has 0 spiro atoms. The van der Waals surface area contributed by atoms with Gasteiger partial charge in [0.15, 0.2) is 0 Å². The first-order chi connectivity index (χ1) is 15.4. The van der Waals surface area contributed by atoms with Crippen molar-refractivity contribution >= 4 is 12.3 Å². The Morgan fingerprint density at radius 1 is 0.938 bits per heavy atom. The topological polar surface area (TPSA) is 40.6 Å². The van der Waals surface area contributed by atoms with E-state index in [1.165, 1.54) is 77.0 Å². The average Bonchev–Trinajstić information content (AvgIpc) is 3.13. The van der Waals surface area contributed by atoms with Gasteiger partial charge in [0, 0.05) is 32.1 Å². The lowest BCUT2D eigenvalue weighted by Crippen LogP contribution is -2.62.